The second kappa shape index (κ2) is 4.98. The number of aromatic hydroxyl groups is 1. The molecule has 0 unspecified atom stereocenters. The standard InChI is InChI=1S/C15H15BrN2O2/c1-9-2-5-12(14(19)6-9)17-15(20)13-7-10(16)8-18(13)11-3-4-11/h2,5-8,11,19H,3-4H2,1H3,(H,17,20). The lowest BCUT2D eigenvalue weighted by Gasteiger charge is -2.10. The van der Waals surface area contributed by atoms with Crippen LogP contribution in [0.4, 0.5) is 5.69 Å². The number of carbonyl (C=O) groups excluding carboxylic acids is 1. The number of phenols is 1. The molecular weight excluding hydrogens is 320 g/mol. The maximum absolute atomic E-state index is 12.4. The molecule has 1 saturated carbocycles. The van der Waals surface area contributed by atoms with E-state index in [4.69, 9.17) is 0 Å². The quantitative estimate of drug-likeness (QED) is 0.837. The molecule has 0 atom stereocenters. The van der Waals surface area contributed by atoms with E-state index in [1.165, 1.54) is 0 Å². The second-order valence-corrected chi connectivity index (χ2v) is 6.07. The molecule has 20 heavy (non-hydrogen) atoms. The van der Waals surface area contributed by atoms with Gasteiger partial charge in [-0.25, -0.2) is 0 Å². The van der Waals surface area contributed by atoms with E-state index in [1.807, 2.05) is 23.8 Å². The van der Waals surface area contributed by atoms with Crippen molar-refractivity contribution in [1.82, 2.24) is 4.57 Å². The van der Waals surface area contributed by atoms with Gasteiger partial charge in [-0.05, 0) is 59.5 Å². The summed E-state index contributed by atoms with van der Waals surface area (Å²) in [6.45, 7) is 1.89. The molecule has 1 aromatic heterocycles. The van der Waals surface area contributed by atoms with Crippen molar-refractivity contribution < 1.29 is 9.90 Å². The summed E-state index contributed by atoms with van der Waals surface area (Å²) in [7, 11) is 0. The molecule has 1 amide bonds. The van der Waals surface area contributed by atoms with Gasteiger partial charge in [-0.2, -0.15) is 0 Å². The Bertz CT molecular complexity index is 675. The summed E-state index contributed by atoms with van der Waals surface area (Å²) >= 11 is 3.41. The fourth-order valence-electron chi connectivity index (χ4n) is 2.22. The predicted octanol–water partition coefficient (Wildman–Crippen LogP) is 3.85. The Kier molecular flexibility index (Phi) is 3.30. The predicted molar refractivity (Wildman–Crippen MR) is 81.2 cm³/mol. The minimum absolute atomic E-state index is 0.0851. The average molecular weight is 335 g/mol. The number of nitrogens with zero attached hydrogens (tertiary/aromatic N) is 1. The third kappa shape index (κ3) is 2.58. The number of nitrogens with one attached hydrogen (secondary N) is 1. The van der Waals surface area contributed by atoms with Crippen LogP contribution in [0.3, 0.4) is 0 Å². The van der Waals surface area contributed by atoms with Gasteiger partial charge in [-0.15, -0.1) is 0 Å². The molecule has 5 heteroatoms. The van der Waals surface area contributed by atoms with Crippen LogP contribution in [0.2, 0.25) is 0 Å². The van der Waals surface area contributed by atoms with E-state index in [0.29, 0.717) is 17.4 Å². The topological polar surface area (TPSA) is 54.3 Å². The van der Waals surface area contributed by atoms with Crippen molar-refractivity contribution in [2.24, 2.45) is 0 Å². The molecule has 1 fully saturated rings. The number of halogens is 1. The van der Waals surface area contributed by atoms with E-state index < -0.39 is 0 Å². The van der Waals surface area contributed by atoms with Gasteiger partial charge >= 0.3 is 0 Å². The van der Waals surface area contributed by atoms with E-state index >= 15 is 0 Å². The lowest BCUT2D eigenvalue weighted by Crippen LogP contribution is -2.16. The molecule has 0 bridgehead atoms. The zero-order valence-electron chi connectivity index (χ0n) is 11.1. The zero-order chi connectivity index (χ0) is 14.3. The van der Waals surface area contributed by atoms with Gasteiger partial charge in [0.25, 0.3) is 5.91 Å². The Morgan fingerprint density at radius 3 is 2.80 bits per heavy atom. The Morgan fingerprint density at radius 1 is 1.40 bits per heavy atom. The fourth-order valence-corrected chi connectivity index (χ4v) is 2.65. The Hall–Kier alpha value is -1.75. The molecule has 4 nitrogen and oxygen atoms in total. The van der Waals surface area contributed by atoms with Gasteiger partial charge in [0.05, 0.1) is 5.69 Å². The van der Waals surface area contributed by atoms with Crippen LogP contribution < -0.4 is 5.32 Å². The van der Waals surface area contributed by atoms with Crippen molar-refractivity contribution >= 4 is 27.5 Å². The van der Waals surface area contributed by atoms with Crippen molar-refractivity contribution in [3.05, 3.63) is 46.2 Å². The summed E-state index contributed by atoms with van der Waals surface area (Å²) in [6, 6.07) is 7.42. The number of hydrogen-bond acceptors (Lipinski definition) is 2. The van der Waals surface area contributed by atoms with E-state index in [9.17, 15) is 9.90 Å². The van der Waals surface area contributed by atoms with Crippen LogP contribution in [0.5, 0.6) is 5.75 Å². The first kappa shape index (κ1) is 13.2. The highest BCUT2D eigenvalue weighted by Crippen LogP contribution is 2.37. The second-order valence-electron chi connectivity index (χ2n) is 5.16. The number of phenolic OH excluding ortho intramolecular Hbond substituents is 1. The zero-order valence-corrected chi connectivity index (χ0v) is 12.6. The van der Waals surface area contributed by atoms with Crippen molar-refractivity contribution in [3.63, 3.8) is 0 Å². The van der Waals surface area contributed by atoms with E-state index in [-0.39, 0.29) is 11.7 Å². The normalized spacial score (nSPS) is 14.3. The van der Waals surface area contributed by atoms with Crippen LogP contribution in [0.15, 0.2) is 34.9 Å². The monoisotopic (exact) mass is 334 g/mol. The average Bonchev–Trinajstić information content (AvgIpc) is 3.16. The van der Waals surface area contributed by atoms with Crippen LogP contribution in [-0.2, 0) is 0 Å². The van der Waals surface area contributed by atoms with Crippen molar-refractivity contribution in [2.75, 3.05) is 5.32 Å². The van der Waals surface area contributed by atoms with Crippen LogP contribution >= 0.6 is 15.9 Å². The maximum atomic E-state index is 12.4. The largest absolute Gasteiger partial charge is 0.506 e. The molecule has 0 spiro atoms. The molecule has 3 rings (SSSR count). The van der Waals surface area contributed by atoms with Gasteiger partial charge in [0.15, 0.2) is 0 Å². The maximum Gasteiger partial charge on any atom is 0.272 e. The first-order valence-corrected chi connectivity index (χ1v) is 7.32. The summed E-state index contributed by atoms with van der Waals surface area (Å²) in [6.07, 6.45) is 4.15. The SMILES string of the molecule is Cc1ccc(NC(=O)c2cc(Br)cn2C2CC2)c(O)c1. The van der Waals surface area contributed by atoms with E-state index in [0.717, 1.165) is 22.9 Å². The fraction of sp³-hybridized carbons (Fsp3) is 0.267. The third-order valence-corrected chi connectivity index (χ3v) is 3.82. The molecule has 1 aliphatic carbocycles. The number of rotatable bonds is 3. The lowest BCUT2D eigenvalue weighted by atomic mass is 10.2. The highest BCUT2D eigenvalue weighted by atomic mass is 79.9. The van der Waals surface area contributed by atoms with Crippen molar-refractivity contribution in [2.45, 2.75) is 25.8 Å². The van der Waals surface area contributed by atoms with Crippen LogP contribution in [0, 0.1) is 6.92 Å². The smallest absolute Gasteiger partial charge is 0.272 e. The molecule has 104 valence electrons. The first-order valence-electron chi connectivity index (χ1n) is 6.53. The minimum Gasteiger partial charge on any atom is -0.506 e. The summed E-state index contributed by atoms with van der Waals surface area (Å²) in [5, 5.41) is 12.6. The van der Waals surface area contributed by atoms with Crippen LogP contribution in [0.25, 0.3) is 0 Å². The van der Waals surface area contributed by atoms with Crippen LogP contribution in [-0.4, -0.2) is 15.6 Å². The van der Waals surface area contributed by atoms with Gasteiger partial charge in [-0.1, -0.05) is 6.07 Å². The summed E-state index contributed by atoms with van der Waals surface area (Å²) in [5.74, 6) is -0.122. The third-order valence-electron chi connectivity index (χ3n) is 3.39. The number of anilines is 1. The first-order chi connectivity index (χ1) is 9.54. The highest BCUT2D eigenvalue weighted by molar-refractivity contribution is 9.10. The Morgan fingerprint density at radius 2 is 2.15 bits per heavy atom. The van der Waals surface area contributed by atoms with E-state index in [2.05, 4.69) is 21.2 Å². The molecule has 1 aliphatic rings. The summed E-state index contributed by atoms with van der Waals surface area (Å²) < 4.78 is 2.88. The van der Waals surface area contributed by atoms with Gasteiger partial charge in [-0.3, -0.25) is 4.79 Å². The highest BCUT2D eigenvalue weighted by Gasteiger charge is 2.27. The molecule has 0 radical (unpaired) electrons. The molecule has 0 saturated heterocycles. The molecule has 2 N–H and O–H groups in total. The number of amides is 1. The van der Waals surface area contributed by atoms with Crippen molar-refractivity contribution in [1.29, 1.82) is 0 Å². The summed E-state index contributed by atoms with van der Waals surface area (Å²) in [4.78, 5) is 12.4. The van der Waals surface area contributed by atoms with Crippen LogP contribution in [0.1, 0.15) is 34.9 Å². The van der Waals surface area contributed by atoms with Gasteiger partial charge in [0.2, 0.25) is 0 Å². The molecule has 2 aromatic rings. The number of benzene rings is 1. The molecule has 1 heterocycles. The number of aryl methyl sites for hydroxylation is 1. The molecular formula is C15H15BrN2O2. The Labute approximate surface area is 125 Å². The van der Waals surface area contributed by atoms with Crippen molar-refractivity contribution in [3.8, 4) is 5.75 Å². The van der Waals surface area contributed by atoms with Gasteiger partial charge < -0.3 is 15.0 Å². The number of carbonyl (C=O) groups is 1. The van der Waals surface area contributed by atoms with E-state index in [1.54, 1.807) is 18.2 Å². The number of hydrogen-bond donors (Lipinski definition) is 2. The van der Waals surface area contributed by atoms with Gasteiger partial charge in [0, 0.05) is 16.7 Å². The molecule has 1 aromatic carbocycles. The number of aromatic nitrogens is 1. The minimum atomic E-state index is -0.207. The lowest BCUT2D eigenvalue weighted by molar-refractivity contribution is 0.101. The summed E-state index contributed by atoms with van der Waals surface area (Å²) in [5.41, 5.74) is 1.99. The Balaban J connectivity index is 1.86. The van der Waals surface area contributed by atoms with Gasteiger partial charge in [0.1, 0.15) is 11.4 Å². The molecule has 0 aliphatic heterocycles.